The molecule has 0 saturated carbocycles. The Labute approximate surface area is 151 Å². The van der Waals surface area contributed by atoms with Crippen molar-refractivity contribution in [3.05, 3.63) is 36.0 Å². The lowest BCUT2D eigenvalue weighted by atomic mass is 9.71. The van der Waals surface area contributed by atoms with Crippen molar-refractivity contribution in [2.45, 2.75) is 37.8 Å². The largest absolute Gasteiger partial charge is 0.497 e. The number of aliphatic hydroxyl groups excluding tert-OH is 1. The second-order valence-electron chi connectivity index (χ2n) is 7.64. The molecule has 5 rings (SSSR count). The molecule has 0 amide bonds. The molecule has 0 aliphatic carbocycles. The van der Waals surface area contributed by atoms with Crippen molar-refractivity contribution in [3.63, 3.8) is 0 Å². The van der Waals surface area contributed by atoms with Crippen LogP contribution in [0.4, 0.5) is 8.78 Å². The molecule has 3 aliphatic rings. The second kappa shape index (κ2) is 6.43. The first-order valence-corrected chi connectivity index (χ1v) is 9.11. The molecule has 1 aromatic carbocycles. The number of rotatable bonds is 4. The first-order valence-electron chi connectivity index (χ1n) is 9.11. The van der Waals surface area contributed by atoms with E-state index in [1.165, 1.54) is 0 Å². The Morgan fingerprint density at radius 1 is 1.35 bits per heavy atom. The highest BCUT2D eigenvalue weighted by atomic mass is 19.3. The maximum Gasteiger partial charge on any atom is 0.249 e. The minimum absolute atomic E-state index is 0.0395. The van der Waals surface area contributed by atoms with Crippen LogP contribution in [-0.2, 0) is 0 Å². The first kappa shape index (κ1) is 17.6. The lowest BCUT2D eigenvalue weighted by molar-refractivity contribution is -0.142. The number of pyridine rings is 1. The molecule has 4 nitrogen and oxygen atoms in total. The number of nitrogens with zero attached hydrogens (tertiary/aromatic N) is 2. The summed E-state index contributed by atoms with van der Waals surface area (Å²) in [5, 5.41) is 12.0. The maximum atomic E-state index is 13.9. The third kappa shape index (κ3) is 2.95. The third-order valence-electron chi connectivity index (χ3n) is 6.12. The van der Waals surface area contributed by atoms with E-state index in [0.717, 1.165) is 36.4 Å². The number of methoxy groups -OCH3 is 1. The fourth-order valence-corrected chi connectivity index (χ4v) is 4.71. The SMILES string of the molecule is COc1ccc2nccc([C@@H](O)[C@@H]3C[C@@H]4CCN3C[C@@H]4C(C)(F)F)c2c1. The number of ether oxygens (including phenoxy) is 1. The lowest BCUT2D eigenvalue weighted by Gasteiger charge is -2.52. The number of aliphatic hydroxyl groups is 1. The van der Waals surface area contributed by atoms with E-state index >= 15 is 0 Å². The molecule has 140 valence electrons. The van der Waals surface area contributed by atoms with Gasteiger partial charge in [-0.3, -0.25) is 9.88 Å². The summed E-state index contributed by atoms with van der Waals surface area (Å²) in [6, 6.07) is 7.27. The van der Waals surface area contributed by atoms with E-state index in [1.54, 1.807) is 13.3 Å². The van der Waals surface area contributed by atoms with Crippen LogP contribution >= 0.6 is 0 Å². The number of hydrogen-bond donors (Lipinski definition) is 1. The van der Waals surface area contributed by atoms with Gasteiger partial charge in [-0.15, -0.1) is 0 Å². The standard InChI is InChI=1S/C20H24F2N2O2/c1-20(21,22)16-11-24-8-6-12(16)9-18(24)19(25)14-5-7-23-17-4-3-13(26-2)10-15(14)17/h3-5,7,10,12,16,18-19,25H,6,8-9,11H2,1-2H3/t12-,16-,18-,19+/m0/s1. The van der Waals surface area contributed by atoms with Crippen molar-refractivity contribution in [1.29, 1.82) is 0 Å². The van der Waals surface area contributed by atoms with E-state index in [2.05, 4.69) is 4.98 Å². The van der Waals surface area contributed by atoms with Crippen molar-refractivity contribution in [2.24, 2.45) is 11.8 Å². The Kier molecular flexibility index (Phi) is 4.35. The lowest BCUT2D eigenvalue weighted by Crippen LogP contribution is -2.58. The smallest absolute Gasteiger partial charge is 0.249 e. The van der Waals surface area contributed by atoms with Crippen LogP contribution in [0.1, 0.15) is 31.4 Å². The number of alkyl halides is 2. The van der Waals surface area contributed by atoms with Gasteiger partial charge in [-0.05, 0) is 62.1 Å². The van der Waals surface area contributed by atoms with Gasteiger partial charge in [0.2, 0.25) is 5.92 Å². The van der Waals surface area contributed by atoms with Gasteiger partial charge in [0, 0.05) is 30.1 Å². The molecule has 3 saturated heterocycles. The molecule has 3 fully saturated rings. The molecule has 2 aromatic rings. The van der Waals surface area contributed by atoms with E-state index in [-0.39, 0.29) is 12.0 Å². The Bertz CT molecular complexity index is 808. The summed E-state index contributed by atoms with van der Waals surface area (Å²) in [6.45, 7) is 2.14. The van der Waals surface area contributed by atoms with E-state index < -0.39 is 17.9 Å². The van der Waals surface area contributed by atoms with Gasteiger partial charge < -0.3 is 9.84 Å². The summed E-state index contributed by atoms with van der Waals surface area (Å²) < 4.78 is 33.1. The summed E-state index contributed by atoms with van der Waals surface area (Å²) >= 11 is 0. The number of hydrogen-bond acceptors (Lipinski definition) is 4. The van der Waals surface area contributed by atoms with Crippen LogP contribution in [-0.4, -0.2) is 47.2 Å². The van der Waals surface area contributed by atoms with Gasteiger partial charge in [0.25, 0.3) is 0 Å². The topological polar surface area (TPSA) is 45.6 Å². The summed E-state index contributed by atoms with van der Waals surface area (Å²) in [5.41, 5.74) is 1.57. The van der Waals surface area contributed by atoms with Crippen molar-refractivity contribution in [1.82, 2.24) is 9.88 Å². The van der Waals surface area contributed by atoms with Crippen LogP contribution in [0.2, 0.25) is 0 Å². The third-order valence-corrected chi connectivity index (χ3v) is 6.12. The van der Waals surface area contributed by atoms with Crippen LogP contribution in [0.15, 0.2) is 30.5 Å². The fourth-order valence-electron chi connectivity index (χ4n) is 4.71. The van der Waals surface area contributed by atoms with Gasteiger partial charge in [0.15, 0.2) is 0 Å². The monoisotopic (exact) mass is 362 g/mol. The van der Waals surface area contributed by atoms with Gasteiger partial charge in [-0.25, -0.2) is 8.78 Å². The molecule has 0 spiro atoms. The quantitative estimate of drug-likeness (QED) is 0.902. The Balaban J connectivity index is 1.65. The average molecular weight is 362 g/mol. The van der Waals surface area contributed by atoms with E-state index in [0.29, 0.717) is 18.7 Å². The summed E-state index contributed by atoms with van der Waals surface area (Å²) in [6.07, 6.45) is 2.33. The molecule has 3 aliphatic heterocycles. The number of halogens is 2. The Morgan fingerprint density at radius 2 is 2.15 bits per heavy atom. The molecule has 1 unspecified atom stereocenters. The Hall–Kier alpha value is -1.79. The zero-order valence-electron chi connectivity index (χ0n) is 15.0. The zero-order valence-corrected chi connectivity index (χ0v) is 15.0. The van der Waals surface area contributed by atoms with E-state index in [9.17, 15) is 13.9 Å². The van der Waals surface area contributed by atoms with Gasteiger partial charge in [0.05, 0.1) is 18.7 Å². The van der Waals surface area contributed by atoms with Gasteiger partial charge in [-0.2, -0.15) is 0 Å². The van der Waals surface area contributed by atoms with Crippen molar-refractivity contribution in [2.75, 3.05) is 20.2 Å². The number of fused-ring (bicyclic) bond motifs is 4. The van der Waals surface area contributed by atoms with Crippen molar-refractivity contribution < 1.29 is 18.6 Å². The van der Waals surface area contributed by atoms with Crippen LogP contribution < -0.4 is 4.74 Å². The summed E-state index contributed by atoms with van der Waals surface area (Å²) in [5.74, 6) is -2.62. The molecular weight excluding hydrogens is 338 g/mol. The van der Waals surface area contributed by atoms with Crippen molar-refractivity contribution in [3.8, 4) is 5.75 Å². The predicted molar refractivity (Wildman–Crippen MR) is 95.5 cm³/mol. The zero-order chi connectivity index (χ0) is 18.5. The summed E-state index contributed by atoms with van der Waals surface area (Å²) in [4.78, 5) is 6.40. The van der Waals surface area contributed by atoms with Crippen LogP contribution in [0.3, 0.4) is 0 Å². The van der Waals surface area contributed by atoms with Crippen molar-refractivity contribution >= 4 is 10.9 Å². The molecule has 0 radical (unpaired) electrons. The molecule has 1 N–H and O–H groups in total. The van der Waals surface area contributed by atoms with E-state index in [4.69, 9.17) is 4.74 Å². The molecular formula is C20H24F2N2O2. The number of piperidine rings is 3. The average Bonchev–Trinajstić information content (AvgIpc) is 2.66. The number of aromatic nitrogens is 1. The van der Waals surface area contributed by atoms with Crippen LogP contribution in [0, 0.1) is 11.8 Å². The minimum atomic E-state index is -2.67. The molecule has 5 atom stereocenters. The minimum Gasteiger partial charge on any atom is -0.497 e. The first-order chi connectivity index (χ1) is 12.4. The highest BCUT2D eigenvalue weighted by molar-refractivity contribution is 5.83. The predicted octanol–water partition coefficient (Wildman–Crippen LogP) is 3.64. The highest BCUT2D eigenvalue weighted by Crippen LogP contribution is 2.46. The second-order valence-corrected chi connectivity index (χ2v) is 7.64. The Morgan fingerprint density at radius 3 is 2.81 bits per heavy atom. The molecule has 4 heterocycles. The number of benzene rings is 1. The van der Waals surface area contributed by atoms with E-state index in [1.807, 2.05) is 29.2 Å². The fraction of sp³-hybridized carbons (Fsp3) is 0.550. The van der Waals surface area contributed by atoms with Gasteiger partial charge in [-0.1, -0.05) is 0 Å². The normalized spacial score (nSPS) is 29.7. The van der Waals surface area contributed by atoms with Crippen LogP contribution in [0.5, 0.6) is 5.75 Å². The van der Waals surface area contributed by atoms with Crippen LogP contribution in [0.25, 0.3) is 10.9 Å². The summed E-state index contributed by atoms with van der Waals surface area (Å²) in [7, 11) is 1.60. The highest BCUT2D eigenvalue weighted by Gasteiger charge is 2.50. The molecule has 2 bridgehead atoms. The molecule has 26 heavy (non-hydrogen) atoms. The molecule has 6 heteroatoms. The molecule has 1 aromatic heterocycles. The maximum absolute atomic E-state index is 13.9. The van der Waals surface area contributed by atoms with Gasteiger partial charge in [0.1, 0.15) is 5.75 Å². The van der Waals surface area contributed by atoms with Gasteiger partial charge >= 0.3 is 0 Å².